The molecule has 82 valence electrons. The molecule has 0 heterocycles. The summed E-state index contributed by atoms with van der Waals surface area (Å²) in [5.74, 6) is -0.375. The van der Waals surface area contributed by atoms with Crippen LogP contribution in [-0.2, 0) is 4.79 Å². The number of aliphatic hydroxyl groups excluding tert-OH is 1. The molecule has 0 aliphatic carbocycles. The zero-order valence-corrected chi connectivity index (χ0v) is 8.54. The average molecular weight is 203 g/mol. The van der Waals surface area contributed by atoms with E-state index in [9.17, 15) is 9.59 Å². The lowest BCUT2D eigenvalue weighted by atomic mass is 10.4. The van der Waals surface area contributed by atoms with E-state index in [-0.39, 0.29) is 19.1 Å². The van der Waals surface area contributed by atoms with Crippen LogP contribution in [0.25, 0.3) is 0 Å². The zero-order valence-electron chi connectivity index (χ0n) is 8.54. The van der Waals surface area contributed by atoms with E-state index in [0.717, 1.165) is 0 Å². The van der Waals surface area contributed by atoms with Gasteiger partial charge in [0.15, 0.2) is 0 Å². The van der Waals surface area contributed by atoms with E-state index in [2.05, 4.69) is 10.6 Å². The summed E-state index contributed by atoms with van der Waals surface area (Å²) < 4.78 is 0. The Labute approximate surface area is 83.3 Å². The number of amides is 3. The van der Waals surface area contributed by atoms with Crippen LogP contribution in [0.3, 0.4) is 0 Å². The fraction of sp³-hybridized carbons (Fsp3) is 0.750. The molecule has 0 rings (SSSR count). The van der Waals surface area contributed by atoms with Gasteiger partial charge in [0.25, 0.3) is 0 Å². The van der Waals surface area contributed by atoms with Crippen LogP contribution in [0, 0.1) is 0 Å². The Hall–Kier alpha value is -1.14. The third kappa shape index (κ3) is 5.50. The summed E-state index contributed by atoms with van der Waals surface area (Å²) in [4.78, 5) is 23.6. The van der Waals surface area contributed by atoms with Crippen LogP contribution >= 0.6 is 0 Å². The van der Waals surface area contributed by atoms with Gasteiger partial charge in [-0.25, -0.2) is 4.79 Å². The number of rotatable bonds is 5. The van der Waals surface area contributed by atoms with Gasteiger partial charge in [-0.15, -0.1) is 0 Å². The lowest BCUT2D eigenvalue weighted by molar-refractivity contribution is -0.121. The number of aliphatic hydroxyl groups is 1. The third-order valence-corrected chi connectivity index (χ3v) is 1.71. The highest BCUT2D eigenvalue weighted by atomic mass is 16.3. The number of hydrogen-bond acceptors (Lipinski definition) is 4. The molecule has 0 aromatic carbocycles. The monoisotopic (exact) mass is 203 g/mol. The Morgan fingerprint density at radius 1 is 1.43 bits per heavy atom. The van der Waals surface area contributed by atoms with Crippen molar-refractivity contribution in [3.63, 3.8) is 0 Å². The van der Waals surface area contributed by atoms with Gasteiger partial charge in [-0.1, -0.05) is 6.92 Å². The Bertz CT molecular complexity index is 196. The van der Waals surface area contributed by atoms with Crippen molar-refractivity contribution in [1.29, 1.82) is 0 Å². The number of likely N-dealkylation sites (N-methyl/N-ethyl adjacent to an activating group) is 1. The molecular weight excluding hydrogens is 186 g/mol. The van der Waals surface area contributed by atoms with E-state index in [1.54, 1.807) is 4.90 Å². The quantitative estimate of drug-likeness (QED) is 0.522. The van der Waals surface area contributed by atoms with Crippen molar-refractivity contribution in [3.05, 3.63) is 0 Å². The largest absolute Gasteiger partial charge is 0.395 e. The molecule has 0 unspecified atom stereocenters. The molecule has 6 nitrogen and oxygen atoms in total. The first kappa shape index (κ1) is 12.9. The fourth-order valence-electron chi connectivity index (χ4n) is 0.922. The molecule has 3 amide bonds. The minimum atomic E-state index is -0.518. The van der Waals surface area contributed by atoms with Gasteiger partial charge in [-0.05, 0) is 6.54 Å². The zero-order chi connectivity index (χ0) is 11.0. The summed E-state index contributed by atoms with van der Waals surface area (Å²) in [5, 5.41) is 13.1. The van der Waals surface area contributed by atoms with Gasteiger partial charge < -0.3 is 10.4 Å². The topological polar surface area (TPSA) is 81.7 Å². The van der Waals surface area contributed by atoms with Crippen LogP contribution in [0.15, 0.2) is 0 Å². The summed E-state index contributed by atoms with van der Waals surface area (Å²) in [5.41, 5.74) is 0. The van der Waals surface area contributed by atoms with Crippen molar-refractivity contribution in [3.8, 4) is 0 Å². The van der Waals surface area contributed by atoms with Gasteiger partial charge in [0.2, 0.25) is 5.91 Å². The van der Waals surface area contributed by atoms with Gasteiger partial charge in [0.1, 0.15) is 0 Å². The second-order valence-electron chi connectivity index (χ2n) is 2.72. The molecule has 0 aliphatic rings. The number of nitrogens with one attached hydrogen (secondary N) is 2. The maximum Gasteiger partial charge on any atom is 0.321 e. The second-order valence-corrected chi connectivity index (χ2v) is 2.72. The molecule has 0 aromatic heterocycles. The Morgan fingerprint density at radius 3 is 2.50 bits per heavy atom. The molecule has 0 bridgehead atoms. The molecule has 0 atom stereocenters. The predicted molar refractivity (Wildman–Crippen MR) is 51.8 cm³/mol. The Balaban J connectivity index is 3.84. The first-order valence-corrected chi connectivity index (χ1v) is 4.48. The van der Waals surface area contributed by atoms with Crippen molar-refractivity contribution in [1.82, 2.24) is 15.5 Å². The lowest BCUT2D eigenvalue weighted by Crippen LogP contribution is -2.44. The highest BCUT2D eigenvalue weighted by Crippen LogP contribution is 1.85. The Kier molecular flexibility index (Phi) is 6.69. The van der Waals surface area contributed by atoms with Crippen LogP contribution < -0.4 is 10.6 Å². The summed E-state index contributed by atoms with van der Waals surface area (Å²) in [6.45, 7) is 3.08. The highest BCUT2D eigenvalue weighted by Gasteiger charge is 2.10. The number of carbonyl (C=O) groups excluding carboxylic acids is 2. The van der Waals surface area contributed by atoms with Gasteiger partial charge in [0.05, 0.1) is 13.2 Å². The summed E-state index contributed by atoms with van der Waals surface area (Å²) in [6, 6.07) is -0.518. The minimum absolute atomic E-state index is 0.00109. The number of urea groups is 1. The molecule has 0 saturated carbocycles. The van der Waals surface area contributed by atoms with Gasteiger partial charge in [-0.3, -0.25) is 15.0 Å². The van der Waals surface area contributed by atoms with Crippen LogP contribution in [-0.4, -0.2) is 55.2 Å². The van der Waals surface area contributed by atoms with Gasteiger partial charge >= 0.3 is 6.03 Å². The lowest BCUT2D eigenvalue weighted by Gasteiger charge is -2.17. The van der Waals surface area contributed by atoms with Crippen molar-refractivity contribution >= 4 is 11.9 Å². The molecule has 0 aromatic rings. The van der Waals surface area contributed by atoms with Crippen LogP contribution in [0.5, 0.6) is 0 Å². The number of carbonyl (C=O) groups is 2. The molecule has 14 heavy (non-hydrogen) atoms. The number of nitrogens with zero attached hydrogens (tertiary/aromatic N) is 1. The molecule has 0 aliphatic heterocycles. The minimum Gasteiger partial charge on any atom is -0.395 e. The summed E-state index contributed by atoms with van der Waals surface area (Å²) >= 11 is 0. The second kappa shape index (κ2) is 7.28. The van der Waals surface area contributed by atoms with Crippen molar-refractivity contribution in [2.45, 2.75) is 6.92 Å². The average Bonchev–Trinajstić information content (AvgIpc) is 2.16. The van der Waals surface area contributed by atoms with Crippen molar-refractivity contribution in [2.75, 3.05) is 33.3 Å². The van der Waals surface area contributed by atoms with E-state index >= 15 is 0 Å². The third-order valence-electron chi connectivity index (χ3n) is 1.71. The van der Waals surface area contributed by atoms with Crippen molar-refractivity contribution < 1.29 is 14.7 Å². The predicted octanol–water partition coefficient (Wildman–Crippen LogP) is -1.24. The smallest absolute Gasteiger partial charge is 0.321 e. The molecule has 0 radical (unpaired) electrons. The molecular formula is C8H17N3O3. The molecule has 0 saturated heterocycles. The fourth-order valence-corrected chi connectivity index (χ4v) is 0.922. The van der Waals surface area contributed by atoms with Crippen LogP contribution in [0.1, 0.15) is 6.92 Å². The van der Waals surface area contributed by atoms with Crippen molar-refractivity contribution in [2.24, 2.45) is 0 Å². The Morgan fingerprint density at radius 2 is 2.07 bits per heavy atom. The van der Waals surface area contributed by atoms with Crippen LogP contribution in [0.2, 0.25) is 0 Å². The van der Waals surface area contributed by atoms with Gasteiger partial charge in [-0.2, -0.15) is 0 Å². The summed E-state index contributed by atoms with van der Waals surface area (Å²) in [6.07, 6.45) is 0. The van der Waals surface area contributed by atoms with E-state index in [1.807, 2.05) is 6.92 Å². The van der Waals surface area contributed by atoms with Crippen LogP contribution in [0.4, 0.5) is 4.79 Å². The summed E-state index contributed by atoms with van der Waals surface area (Å²) in [7, 11) is 1.44. The maximum atomic E-state index is 11.2. The van der Waals surface area contributed by atoms with E-state index in [1.165, 1.54) is 7.05 Å². The van der Waals surface area contributed by atoms with Gasteiger partial charge in [0, 0.05) is 13.6 Å². The number of hydrogen-bond donors (Lipinski definition) is 3. The maximum absolute atomic E-state index is 11.2. The van der Waals surface area contributed by atoms with E-state index in [0.29, 0.717) is 13.1 Å². The van der Waals surface area contributed by atoms with E-state index < -0.39 is 6.03 Å². The molecule has 3 N–H and O–H groups in total. The molecule has 0 spiro atoms. The highest BCUT2D eigenvalue weighted by molar-refractivity contribution is 5.95. The van der Waals surface area contributed by atoms with E-state index in [4.69, 9.17) is 5.11 Å². The SMILES string of the molecule is CCN(CCO)CC(=O)NC(=O)NC. The molecule has 6 heteroatoms. The first-order valence-electron chi connectivity index (χ1n) is 4.48. The molecule has 0 fully saturated rings. The first-order chi connectivity index (χ1) is 6.63. The number of imide groups is 1. The standard InChI is InChI=1S/C8H17N3O3/c1-3-11(4-5-12)6-7(13)10-8(14)9-2/h12H,3-6H2,1-2H3,(H2,9,10,13,14). The normalized spacial score (nSPS) is 10.0.